The Balaban J connectivity index is 1.82. The molecule has 0 atom stereocenters. The maximum atomic E-state index is 12.9. The number of aromatic amines is 1. The number of H-pyrrole nitrogens is 1. The average molecular weight is 307 g/mol. The maximum Gasteiger partial charge on any atom is 0.419 e. The van der Waals surface area contributed by atoms with E-state index in [9.17, 15) is 18.3 Å². The molecule has 3 aromatic rings. The molecule has 0 saturated heterocycles. The highest BCUT2D eigenvalue weighted by Gasteiger charge is 2.34. The molecule has 0 bridgehead atoms. The van der Waals surface area contributed by atoms with E-state index in [1.54, 1.807) is 24.3 Å². The first-order valence-corrected chi connectivity index (χ1v) is 6.53. The summed E-state index contributed by atoms with van der Waals surface area (Å²) < 4.78 is 43.9. The van der Waals surface area contributed by atoms with Gasteiger partial charge in [0.25, 0.3) is 0 Å². The molecule has 0 spiro atoms. The SMILES string of the molecule is Oc1ccc2cc(COc3ccccc3C(F)(F)F)[nH]c2c1. The summed E-state index contributed by atoms with van der Waals surface area (Å²) in [5, 5.41) is 10.2. The number of fused-ring (bicyclic) bond motifs is 1. The van der Waals surface area contributed by atoms with E-state index in [1.165, 1.54) is 18.2 Å². The molecule has 2 aromatic carbocycles. The number of hydrogen-bond acceptors (Lipinski definition) is 2. The molecule has 1 aromatic heterocycles. The number of phenols is 1. The fourth-order valence-electron chi connectivity index (χ4n) is 2.24. The van der Waals surface area contributed by atoms with Gasteiger partial charge in [0.1, 0.15) is 18.1 Å². The van der Waals surface area contributed by atoms with Gasteiger partial charge >= 0.3 is 6.18 Å². The summed E-state index contributed by atoms with van der Waals surface area (Å²) >= 11 is 0. The zero-order valence-electron chi connectivity index (χ0n) is 11.3. The third kappa shape index (κ3) is 2.86. The molecular weight excluding hydrogens is 295 g/mol. The van der Waals surface area contributed by atoms with Crippen LogP contribution in [-0.4, -0.2) is 10.1 Å². The number of para-hydroxylation sites is 1. The van der Waals surface area contributed by atoms with Crippen molar-refractivity contribution in [2.75, 3.05) is 0 Å². The minimum atomic E-state index is -4.46. The second kappa shape index (κ2) is 5.29. The quantitative estimate of drug-likeness (QED) is 0.750. The number of benzene rings is 2. The zero-order valence-corrected chi connectivity index (χ0v) is 11.3. The van der Waals surface area contributed by atoms with Crippen molar-refractivity contribution in [3.05, 3.63) is 59.8 Å². The summed E-state index contributed by atoms with van der Waals surface area (Å²) in [5.41, 5.74) is 0.518. The molecule has 22 heavy (non-hydrogen) atoms. The van der Waals surface area contributed by atoms with Gasteiger partial charge in [-0.15, -0.1) is 0 Å². The van der Waals surface area contributed by atoms with E-state index in [1.807, 2.05) is 0 Å². The van der Waals surface area contributed by atoms with Crippen LogP contribution in [0.15, 0.2) is 48.5 Å². The lowest BCUT2D eigenvalue weighted by atomic mass is 10.2. The Hall–Kier alpha value is -2.63. The number of ether oxygens (including phenoxy) is 1. The number of aromatic nitrogens is 1. The number of rotatable bonds is 3. The first-order chi connectivity index (χ1) is 10.4. The van der Waals surface area contributed by atoms with Gasteiger partial charge in [0, 0.05) is 17.0 Å². The van der Waals surface area contributed by atoms with Crippen LogP contribution in [0.2, 0.25) is 0 Å². The molecule has 6 heteroatoms. The number of hydrogen-bond donors (Lipinski definition) is 2. The summed E-state index contributed by atoms with van der Waals surface area (Å²) in [6, 6.07) is 11.7. The second-order valence-corrected chi connectivity index (χ2v) is 4.85. The highest BCUT2D eigenvalue weighted by molar-refractivity contribution is 5.81. The van der Waals surface area contributed by atoms with Gasteiger partial charge in [-0.2, -0.15) is 13.2 Å². The first-order valence-electron chi connectivity index (χ1n) is 6.53. The van der Waals surface area contributed by atoms with E-state index in [2.05, 4.69) is 4.98 Å². The number of halogens is 3. The lowest BCUT2D eigenvalue weighted by Gasteiger charge is -2.13. The first kappa shape index (κ1) is 14.3. The molecule has 0 unspecified atom stereocenters. The Morgan fingerprint density at radius 1 is 1.05 bits per heavy atom. The van der Waals surface area contributed by atoms with E-state index in [4.69, 9.17) is 4.74 Å². The zero-order chi connectivity index (χ0) is 15.7. The summed E-state index contributed by atoms with van der Waals surface area (Å²) in [6.07, 6.45) is -4.46. The molecule has 114 valence electrons. The van der Waals surface area contributed by atoms with Crippen LogP contribution in [0, 0.1) is 0 Å². The van der Waals surface area contributed by atoms with Gasteiger partial charge in [-0.05, 0) is 30.3 Å². The van der Waals surface area contributed by atoms with Crippen molar-refractivity contribution < 1.29 is 23.0 Å². The molecule has 3 rings (SSSR count). The van der Waals surface area contributed by atoms with E-state index in [0.717, 1.165) is 11.5 Å². The number of nitrogens with one attached hydrogen (secondary N) is 1. The standard InChI is InChI=1S/C16H12F3NO2/c17-16(18,19)13-3-1-2-4-15(13)22-9-11-7-10-5-6-12(21)8-14(10)20-11/h1-8,20-21H,9H2. The van der Waals surface area contributed by atoms with Crippen molar-refractivity contribution in [1.29, 1.82) is 0 Å². The fraction of sp³-hybridized carbons (Fsp3) is 0.125. The predicted octanol–water partition coefficient (Wildman–Crippen LogP) is 4.47. The Labute approximate surface area is 124 Å². The van der Waals surface area contributed by atoms with Gasteiger partial charge in [0.15, 0.2) is 0 Å². The van der Waals surface area contributed by atoms with Gasteiger partial charge in [0.2, 0.25) is 0 Å². The monoisotopic (exact) mass is 307 g/mol. The number of aromatic hydroxyl groups is 1. The van der Waals surface area contributed by atoms with Crippen LogP contribution in [0.5, 0.6) is 11.5 Å². The van der Waals surface area contributed by atoms with Crippen molar-refractivity contribution >= 4 is 10.9 Å². The van der Waals surface area contributed by atoms with Crippen molar-refractivity contribution in [2.45, 2.75) is 12.8 Å². The molecule has 0 radical (unpaired) electrons. The van der Waals surface area contributed by atoms with Gasteiger partial charge in [-0.1, -0.05) is 12.1 Å². The van der Waals surface area contributed by atoms with Crippen LogP contribution in [0.25, 0.3) is 10.9 Å². The van der Waals surface area contributed by atoms with Crippen molar-refractivity contribution in [3.8, 4) is 11.5 Å². The van der Waals surface area contributed by atoms with Crippen LogP contribution >= 0.6 is 0 Å². The van der Waals surface area contributed by atoms with Crippen molar-refractivity contribution in [2.24, 2.45) is 0 Å². The lowest BCUT2D eigenvalue weighted by Crippen LogP contribution is -2.08. The smallest absolute Gasteiger partial charge is 0.419 e. The van der Waals surface area contributed by atoms with Crippen LogP contribution in [-0.2, 0) is 12.8 Å². The van der Waals surface area contributed by atoms with Crippen LogP contribution in [0.1, 0.15) is 11.3 Å². The highest BCUT2D eigenvalue weighted by Crippen LogP contribution is 2.36. The minimum Gasteiger partial charge on any atom is -0.508 e. The summed E-state index contributed by atoms with van der Waals surface area (Å²) in [4.78, 5) is 3.00. The fourth-order valence-corrected chi connectivity index (χ4v) is 2.24. The van der Waals surface area contributed by atoms with Crippen molar-refractivity contribution in [3.63, 3.8) is 0 Å². The maximum absolute atomic E-state index is 12.9. The average Bonchev–Trinajstić information content (AvgIpc) is 2.86. The third-order valence-electron chi connectivity index (χ3n) is 3.24. The van der Waals surface area contributed by atoms with E-state index in [-0.39, 0.29) is 18.1 Å². The predicted molar refractivity (Wildman–Crippen MR) is 75.7 cm³/mol. The lowest BCUT2D eigenvalue weighted by molar-refractivity contribution is -0.139. The Kier molecular flexibility index (Phi) is 3.44. The molecule has 0 saturated carbocycles. The summed E-state index contributed by atoms with van der Waals surface area (Å²) in [7, 11) is 0. The van der Waals surface area contributed by atoms with E-state index in [0.29, 0.717) is 11.2 Å². The van der Waals surface area contributed by atoms with Gasteiger partial charge < -0.3 is 14.8 Å². The molecule has 1 heterocycles. The van der Waals surface area contributed by atoms with Crippen LogP contribution in [0.3, 0.4) is 0 Å². The molecular formula is C16H12F3NO2. The molecule has 0 aliphatic rings. The summed E-state index contributed by atoms with van der Waals surface area (Å²) in [5.74, 6) is -0.0965. The Morgan fingerprint density at radius 2 is 1.82 bits per heavy atom. The summed E-state index contributed by atoms with van der Waals surface area (Å²) in [6.45, 7) is -0.0253. The normalized spacial score (nSPS) is 11.8. The van der Waals surface area contributed by atoms with Gasteiger partial charge in [-0.3, -0.25) is 0 Å². The number of phenolic OH excluding ortho intramolecular Hbond substituents is 1. The molecule has 0 aliphatic heterocycles. The third-order valence-corrected chi connectivity index (χ3v) is 3.24. The van der Waals surface area contributed by atoms with E-state index < -0.39 is 11.7 Å². The van der Waals surface area contributed by atoms with Gasteiger partial charge in [-0.25, -0.2) is 0 Å². The molecule has 0 fully saturated rings. The largest absolute Gasteiger partial charge is 0.508 e. The molecule has 0 aliphatic carbocycles. The molecule has 2 N–H and O–H groups in total. The topological polar surface area (TPSA) is 45.2 Å². The van der Waals surface area contributed by atoms with Crippen LogP contribution in [0.4, 0.5) is 13.2 Å². The Morgan fingerprint density at radius 3 is 2.59 bits per heavy atom. The second-order valence-electron chi connectivity index (χ2n) is 4.85. The number of alkyl halides is 3. The van der Waals surface area contributed by atoms with Crippen molar-refractivity contribution in [1.82, 2.24) is 4.98 Å². The van der Waals surface area contributed by atoms with Crippen LogP contribution < -0.4 is 4.74 Å². The minimum absolute atomic E-state index is 0.0253. The Bertz CT molecular complexity index is 809. The molecule has 0 amide bonds. The van der Waals surface area contributed by atoms with E-state index >= 15 is 0 Å². The van der Waals surface area contributed by atoms with Gasteiger partial charge in [0.05, 0.1) is 11.3 Å². The highest BCUT2D eigenvalue weighted by atomic mass is 19.4. The molecule has 3 nitrogen and oxygen atoms in total.